The van der Waals surface area contributed by atoms with E-state index < -0.39 is 5.60 Å². The number of aromatic nitrogens is 2. The first-order chi connectivity index (χ1) is 16.9. The van der Waals surface area contributed by atoms with Crippen molar-refractivity contribution < 1.29 is 14.3 Å². The van der Waals surface area contributed by atoms with Crippen molar-refractivity contribution in [3.63, 3.8) is 0 Å². The lowest BCUT2D eigenvalue weighted by Crippen LogP contribution is -2.50. The molecular weight excluding hydrogens is 456 g/mol. The van der Waals surface area contributed by atoms with Crippen LogP contribution < -0.4 is 15.1 Å². The zero-order valence-electron chi connectivity index (χ0n) is 22.4. The van der Waals surface area contributed by atoms with Crippen molar-refractivity contribution in [2.45, 2.75) is 66.2 Å². The van der Waals surface area contributed by atoms with Gasteiger partial charge in [0.05, 0.1) is 6.04 Å². The Hall–Kier alpha value is -3.36. The van der Waals surface area contributed by atoms with Gasteiger partial charge >= 0.3 is 6.09 Å². The summed E-state index contributed by atoms with van der Waals surface area (Å²) in [4.78, 5) is 40.0. The van der Waals surface area contributed by atoms with Crippen LogP contribution in [0.3, 0.4) is 0 Å². The van der Waals surface area contributed by atoms with Gasteiger partial charge in [0.2, 0.25) is 11.9 Å². The van der Waals surface area contributed by atoms with Crippen molar-refractivity contribution in [1.29, 1.82) is 0 Å². The topological polar surface area (TPSA) is 90.9 Å². The number of hydrogen-bond donors (Lipinski definition) is 1. The monoisotopic (exact) mass is 494 g/mol. The van der Waals surface area contributed by atoms with Gasteiger partial charge in [0.1, 0.15) is 5.60 Å². The van der Waals surface area contributed by atoms with Crippen molar-refractivity contribution in [3.05, 3.63) is 41.7 Å². The predicted molar refractivity (Wildman–Crippen MR) is 141 cm³/mol. The lowest BCUT2D eigenvalue weighted by atomic mass is 9.82. The Balaban J connectivity index is 1.60. The van der Waals surface area contributed by atoms with Crippen LogP contribution in [-0.4, -0.2) is 64.7 Å². The van der Waals surface area contributed by atoms with Gasteiger partial charge in [-0.2, -0.15) is 0 Å². The Morgan fingerprint density at radius 2 is 1.78 bits per heavy atom. The van der Waals surface area contributed by atoms with Crippen molar-refractivity contribution >= 4 is 29.3 Å². The summed E-state index contributed by atoms with van der Waals surface area (Å²) in [5.74, 6) is 0.738. The van der Waals surface area contributed by atoms with Gasteiger partial charge in [0.25, 0.3) is 0 Å². The van der Waals surface area contributed by atoms with Crippen molar-refractivity contribution in [3.8, 4) is 0 Å². The fourth-order valence-corrected chi connectivity index (χ4v) is 5.02. The first-order valence-corrected chi connectivity index (χ1v) is 12.7. The number of benzene rings is 1. The Bertz CT molecular complexity index is 1120. The fraction of sp³-hybridized carbons (Fsp3) is 0.556. The number of ether oxygens (including phenoxy) is 1. The number of hydrogen-bond acceptors (Lipinski definition) is 7. The number of rotatable bonds is 3. The third kappa shape index (κ3) is 5.39. The number of aryl methyl sites for hydroxylation is 1. The standard InChI is InChI=1S/C27H38N6O3/c1-17-10-11-28-25(29-17)30-24-18(2)19(3)33(20(4)34)23-9-8-21(16-22(23)24)31-12-14-32(15-13-31)26(35)36-27(5,6)7/h8-11,16,18-19,24H,12-15H2,1-7H3,(H,28,29,30). The minimum Gasteiger partial charge on any atom is -0.444 e. The molecule has 2 aliphatic heterocycles. The molecule has 3 heterocycles. The van der Waals surface area contributed by atoms with Crippen molar-refractivity contribution in [1.82, 2.24) is 14.9 Å². The first-order valence-electron chi connectivity index (χ1n) is 12.7. The molecule has 9 nitrogen and oxygen atoms in total. The molecule has 0 radical (unpaired) electrons. The van der Waals surface area contributed by atoms with Crippen LogP contribution in [0.1, 0.15) is 58.8 Å². The van der Waals surface area contributed by atoms with E-state index >= 15 is 0 Å². The highest BCUT2D eigenvalue weighted by atomic mass is 16.6. The van der Waals surface area contributed by atoms with Gasteiger partial charge in [-0.1, -0.05) is 6.92 Å². The van der Waals surface area contributed by atoms with E-state index in [9.17, 15) is 9.59 Å². The van der Waals surface area contributed by atoms with Gasteiger partial charge in [0, 0.05) is 73.9 Å². The summed E-state index contributed by atoms with van der Waals surface area (Å²) in [6.45, 7) is 16.1. The normalized spacial score (nSPS) is 22.2. The third-order valence-corrected chi connectivity index (χ3v) is 7.01. The summed E-state index contributed by atoms with van der Waals surface area (Å²) in [7, 11) is 0. The Morgan fingerprint density at radius 1 is 1.08 bits per heavy atom. The zero-order valence-corrected chi connectivity index (χ0v) is 22.4. The van der Waals surface area contributed by atoms with Gasteiger partial charge in [-0.05, 0) is 58.9 Å². The molecule has 0 saturated carbocycles. The number of anilines is 3. The second-order valence-electron chi connectivity index (χ2n) is 10.8. The summed E-state index contributed by atoms with van der Waals surface area (Å²) >= 11 is 0. The van der Waals surface area contributed by atoms with Crippen LogP contribution in [0.15, 0.2) is 30.5 Å². The molecule has 2 amide bonds. The van der Waals surface area contributed by atoms with Crippen LogP contribution in [0.2, 0.25) is 0 Å². The second kappa shape index (κ2) is 9.95. The average molecular weight is 495 g/mol. The molecule has 0 bridgehead atoms. The Kier molecular flexibility index (Phi) is 7.11. The maximum Gasteiger partial charge on any atom is 0.410 e. The highest BCUT2D eigenvalue weighted by Gasteiger charge is 2.39. The number of carbonyl (C=O) groups is 2. The molecular formula is C27H38N6O3. The largest absolute Gasteiger partial charge is 0.444 e. The number of nitrogens with zero attached hydrogens (tertiary/aromatic N) is 5. The van der Waals surface area contributed by atoms with Crippen LogP contribution in [0, 0.1) is 12.8 Å². The number of amides is 2. The number of piperazine rings is 1. The minimum atomic E-state index is -0.508. The number of nitrogens with one attached hydrogen (secondary N) is 1. The van der Waals surface area contributed by atoms with Gasteiger partial charge in [-0.15, -0.1) is 0 Å². The van der Waals surface area contributed by atoms with E-state index in [1.807, 2.05) is 44.7 Å². The van der Waals surface area contributed by atoms with E-state index in [-0.39, 0.29) is 30.0 Å². The summed E-state index contributed by atoms with van der Waals surface area (Å²) in [6, 6.07) is 8.11. The van der Waals surface area contributed by atoms with Gasteiger partial charge in [0.15, 0.2) is 0 Å². The van der Waals surface area contributed by atoms with E-state index in [1.54, 1.807) is 18.0 Å². The number of carbonyl (C=O) groups excluding carboxylic acids is 2. The van der Waals surface area contributed by atoms with Crippen LogP contribution in [0.25, 0.3) is 0 Å². The van der Waals surface area contributed by atoms with Crippen LogP contribution in [0.5, 0.6) is 0 Å². The maximum atomic E-state index is 12.6. The van der Waals surface area contributed by atoms with Crippen LogP contribution in [0.4, 0.5) is 22.1 Å². The molecule has 194 valence electrons. The van der Waals surface area contributed by atoms with Crippen LogP contribution in [-0.2, 0) is 9.53 Å². The van der Waals surface area contributed by atoms with Gasteiger partial charge < -0.3 is 24.8 Å². The quantitative estimate of drug-likeness (QED) is 0.677. The van der Waals surface area contributed by atoms with Gasteiger partial charge in [-0.3, -0.25) is 4.79 Å². The summed E-state index contributed by atoms with van der Waals surface area (Å²) in [5, 5.41) is 3.54. The SMILES string of the molecule is CC(=O)N1c2ccc(N3CCN(C(=O)OC(C)(C)C)CC3)cc2C(Nc2nccc(C)n2)C(C)C1C. The zero-order chi connectivity index (χ0) is 26.2. The molecule has 1 N–H and O–H groups in total. The smallest absolute Gasteiger partial charge is 0.410 e. The van der Waals surface area contributed by atoms with Gasteiger partial charge in [-0.25, -0.2) is 14.8 Å². The molecule has 2 aromatic rings. The molecule has 2 aliphatic rings. The molecule has 3 atom stereocenters. The molecule has 1 aromatic carbocycles. The molecule has 9 heteroatoms. The first kappa shape index (κ1) is 25.7. The molecule has 3 unspecified atom stereocenters. The third-order valence-electron chi connectivity index (χ3n) is 7.01. The lowest BCUT2D eigenvalue weighted by molar-refractivity contribution is -0.117. The highest BCUT2D eigenvalue weighted by molar-refractivity contribution is 5.94. The van der Waals surface area contributed by atoms with E-state index in [0.717, 1.165) is 22.6 Å². The van der Waals surface area contributed by atoms with E-state index in [4.69, 9.17) is 4.74 Å². The molecule has 1 saturated heterocycles. The molecule has 1 aromatic heterocycles. The van der Waals surface area contributed by atoms with Crippen LogP contribution >= 0.6 is 0 Å². The Morgan fingerprint density at radius 3 is 2.39 bits per heavy atom. The second-order valence-corrected chi connectivity index (χ2v) is 10.8. The maximum absolute atomic E-state index is 12.6. The van der Waals surface area contributed by atoms with Crippen molar-refractivity contribution in [2.24, 2.45) is 5.92 Å². The summed E-state index contributed by atoms with van der Waals surface area (Å²) in [6.07, 6.45) is 1.49. The molecule has 0 aliphatic carbocycles. The minimum absolute atomic E-state index is 0.0144. The predicted octanol–water partition coefficient (Wildman–Crippen LogP) is 4.39. The molecule has 0 spiro atoms. The molecule has 36 heavy (non-hydrogen) atoms. The van der Waals surface area contributed by atoms with E-state index in [0.29, 0.717) is 32.1 Å². The summed E-state index contributed by atoms with van der Waals surface area (Å²) in [5.41, 5.74) is 3.42. The number of fused-ring (bicyclic) bond motifs is 1. The molecule has 4 rings (SSSR count). The fourth-order valence-electron chi connectivity index (χ4n) is 5.02. The Labute approximate surface area is 213 Å². The van der Waals surface area contributed by atoms with E-state index in [2.05, 4.69) is 46.2 Å². The van der Waals surface area contributed by atoms with E-state index in [1.165, 1.54) is 0 Å². The highest BCUT2D eigenvalue weighted by Crippen LogP contribution is 2.43. The molecule has 1 fully saturated rings. The lowest BCUT2D eigenvalue weighted by Gasteiger charge is -2.44. The van der Waals surface area contributed by atoms with Crippen molar-refractivity contribution in [2.75, 3.05) is 41.3 Å². The average Bonchev–Trinajstić information content (AvgIpc) is 2.81. The summed E-state index contributed by atoms with van der Waals surface area (Å²) < 4.78 is 5.54.